The molecule has 0 bridgehead atoms. The maximum absolute atomic E-state index is 5.94. The molecule has 16 heavy (non-hydrogen) atoms. The average molecular weight is 217 g/mol. The van der Waals surface area contributed by atoms with Crippen LogP contribution in [0.1, 0.15) is 32.0 Å². The van der Waals surface area contributed by atoms with E-state index in [9.17, 15) is 0 Å². The van der Waals surface area contributed by atoms with Crippen molar-refractivity contribution < 1.29 is 4.74 Å². The van der Waals surface area contributed by atoms with Gasteiger partial charge in [-0.1, -0.05) is 0 Å². The van der Waals surface area contributed by atoms with E-state index in [1.165, 1.54) is 22.2 Å². The summed E-state index contributed by atoms with van der Waals surface area (Å²) in [6.45, 7) is 10.4. The zero-order valence-electron chi connectivity index (χ0n) is 10.6. The summed E-state index contributed by atoms with van der Waals surface area (Å²) in [5, 5.41) is 1.25. The number of aryl methyl sites for hydroxylation is 2. The van der Waals surface area contributed by atoms with Crippen LogP contribution in [0.3, 0.4) is 0 Å². The van der Waals surface area contributed by atoms with Gasteiger partial charge >= 0.3 is 0 Å². The number of hydrogen-bond donors (Lipinski definition) is 1. The van der Waals surface area contributed by atoms with E-state index in [-0.39, 0.29) is 5.60 Å². The second-order valence-corrected chi connectivity index (χ2v) is 5.32. The molecule has 1 N–H and O–H groups in total. The highest BCUT2D eigenvalue weighted by Gasteiger charge is 2.14. The molecule has 1 aromatic carbocycles. The Hall–Kier alpha value is -1.44. The van der Waals surface area contributed by atoms with E-state index < -0.39 is 0 Å². The highest BCUT2D eigenvalue weighted by atomic mass is 16.5. The van der Waals surface area contributed by atoms with Crippen molar-refractivity contribution in [2.45, 2.75) is 40.2 Å². The van der Waals surface area contributed by atoms with Crippen LogP contribution in [0.15, 0.2) is 18.2 Å². The Morgan fingerprint density at radius 1 is 1.12 bits per heavy atom. The van der Waals surface area contributed by atoms with Gasteiger partial charge in [0.1, 0.15) is 11.4 Å². The number of aromatic nitrogens is 1. The summed E-state index contributed by atoms with van der Waals surface area (Å²) in [7, 11) is 0. The van der Waals surface area contributed by atoms with Crippen LogP contribution in [0.4, 0.5) is 0 Å². The molecule has 2 rings (SSSR count). The Morgan fingerprint density at radius 3 is 2.44 bits per heavy atom. The van der Waals surface area contributed by atoms with Crippen LogP contribution in [0.2, 0.25) is 0 Å². The Bertz CT molecular complexity index is 517. The summed E-state index contributed by atoms with van der Waals surface area (Å²) in [6, 6.07) is 6.29. The van der Waals surface area contributed by atoms with E-state index in [2.05, 4.69) is 51.7 Å². The average Bonchev–Trinajstić information content (AvgIpc) is 2.50. The second kappa shape index (κ2) is 3.55. The van der Waals surface area contributed by atoms with E-state index in [0.717, 1.165) is 5.75 Å². The summed E-state index contributed by atoms with van der Waals surface area (Å²) in [4.78, 5) is 3.33. The Morgan fingerprint density at radius 2 is 1.81 bits per heavy atom. The van der Waals surface area contributed by atoms with Gasteiger partial charge in [-0.2, -0.15) is 0 Å². The first-order valence-corrected chi connectivity index (χ1v) is 5.65. The Kier molecular flexibility index (Phi) is 2.45. The van der Waals surface area contributed by atoms with Crippen LogP contribution >= 0.6 is 0 Å². The molecule has 0 spiro atoms. The smallest absolute Gasteiger partial charge is 0.123 e. The third kappa shape index (κ3) is 2.06. The third-order valence-corrected chi connectivity index (χ3v) is 2.57. The minimum Gasteiger partial charge on any atom is -0.488 e. The van der Waals surface area contributed by atoms with Gasteiger partial charge in [0.2, 0.25) is 0 Å². The number of fused-ring (bicyclic) bond motifs is 1. The number of ether oxygens (including phenoxy) is 1. The number of nitrogens with one attached hydrogen (secondary N) is 1. The SMILES string of the molecule is Cc1cc2c(C)c(OC(C)(C)C)ccc2[nH]1. The van der Waals surface area contributed by atoms with Crippen molar-refractivity contribution in [1.82, 2.24) is 4.98 Å². The molecule has 0 saturated heterocycles. The molecule has 1 heterocycles. The van der Waals surface area contributed by atoms with Crippen molar-refractivity contribution in [2.75, 3.05) is 0 Å². The minimum atomic E-state index is -0.149. The van der Waals surface area contributed by atoms with E-state index >= 15 is 0 Å². The van der Waals surface area contributed by atoms with Crippen LogP contribution in [0, 0.1) is 13.8 Å². The maximum atomic E-state index is 5.94. The van der Waals surface area contributed by atoms with Gasteiger partial charge in [0.05, 0.1) is 0 Å². The highest BCUT2D eigenvalue weighted by molar-refractivity contribution is 5.85. The molecule has 0 radical (unpaired) electrons. The van der Waals surface area contributed by atoms with Gasteiger partial charge in [-0.3, -0.25) is 0 Å². The number of rotatable bonds is 1. The molecule has 0 atom stereocenters. The predicted molar refractivity (Wildman–Crippen MR) is 68.2 cm³/mol. The first-order chi connectivity index (χ1) is 7.37. The van der Waals surface area contributed by atoms with Gasteiger partial charge in [0.25, 0.3) is 0 Å². The summed E-state index contributed by atoms with van der Waals surface area (Å²) in [5.41, 5.74) is 3.42. The second-order valence-electron chi connectivity index (χ2n) is 5.32. The fourth-order valence-electron chi connectivity index (χ4n) is 1.91. The van der Waals surface area contributed by atoms with Crippen LogP contribution in [-0.4, -0.2) is 10.6 Å². The molecular formula is C14H19NO. The first-order valence-electron chi connectivity index (χ1n) is 5.65. The lowest BCUT2D eigenvalue weighted by Crippen LogP contribution is -2.23. The van der Waals surface area contributed by atoms with Gasteiger partial charge in [-0.15, -0.1) is 0 Å². The number of benzene rings is 1. The van der Waals surface area contributed by atoms with Crippen molar-refractivity contribution in [3.05, 3.63) is 29.5 Å². The molecule has 2 aromatic rings. The van der Waals surface area contributed by atoms with Crippen LogP contribution in [-0.2, 0) is 0 Å². The van der Waals surface area contributed by atoms with Gasteiger partial charge in [0.15, 0.2) is 0 Å². The van der Waals surface area contributed by atoms with Crippen molar-refractivity contribution in [2.24, 2.45) is 0 Å². The van der Waals surface area contributed by atoms with Gasteiger partial charge in [-0.25, -0.2) is 0 Å². The maximum Gasteiger partial charge on any atom is 0.123 e. The third-order valence-electron chi connectivity index (χ3n) is 2.57. The van der Waals surface area contributed by atoms with E-state index in [4.69, 9.17) is 4.74 Å². The zero-order valence-corrected chi connectivity index (χ0v) is 10.6. The quantitative estimate of drug-likeness (QED) is 0.768. The lowest BCUT2D eigenvalue weighted by Gasteiger charge is -2.22. The fraction of sp³-hybridized carbons (Fsp3) is 0.429. The van der Waals surface area contributed by atoms with E-state index in [1.807, 2.05) is 6.07 Å². The van der Waals surface area contributed by atoms with Gasteiger partial charge in [-0.05, 0) is 52.8 Å². The lowest BCUT2D eigenvalue weighted by molar-refractivity contribution is 0.130. The topological polar surface area (TPSA) is 25.0 Å². The summed E-state index contributed by atoms with van der Waals surface area (Å²) in [6.07, 6.45) is 0. The predicted octanol–water partition coefficient (Wildman–Crippen LogP) is 3.96. The highest BCUT2D eigenvalue weighted by Crippen LogP contribution is 2.29. The molecule has 0 amide bonds. The molecule has 86 valence electrons. The van der Waals surface area contributed by atoms with Crippen molar-refractivity contribution in [3.8, 4) is 5.75 Å². The molecule has 0 saturated carbocycles. The Labute approximate surface area is 96.6 Å². The Balaban J connectivity index is 2.52. The van der Waals surface area contributed by atoms with Crippen molar-refractivity contribution >= 4 is 10.9 Å². The molecule has 1 aromatic heterocycles. The summed E-state index contributed by atoms with van der Waals surface area (Å²) in [5.74, 6) is 0.971. The van der Waals surface area contributed by atoms with Gasteiger partial charge < -0.3 is 9.72 Å². The van der Waals surface area contributed by atoms with Gasteiger partial charge in [0, 0.05) is 22.2 Å². The number of aromatic amines is 1. The van der Waals surface area contributed by atoms with Crippen molar-refractivity contribution in [1.29, 1.82) is 0 Å². The largest absolute Gasteiger partial charge is 0.488 e. The zero-order chi connectivity index (χ0) is 11.9. The number of hydrogen-bond acceptors (Lipinski definition) is 1. The van der Waals surface area contributed by atoms with Crippen LogP contribution in [0.25, 0.3) is 10.9 Å². The lowest BCUT2D eigenvalue weighted by atomic mass is 10.1. The normalized spacial score (nSPS) is 12.1. The summed E-state index contributed by atoms with van der Waals surface area (Å²) < 4.78 is 5.94. The standard InChI is InChI=1S/C14H19NO/c1-9-8-11-10(2)13(16-14(3,4)5)7-6-12(11)15-9/h6-8,15H,1-5H3. The molecule has 0 fully saturated rings. The molecule has 2 heteroatoms. The van der Waals surface area contributed by atoms with Crippen LogP contribution < -0.4 is 4.74 Å². The first kappa shape index (κ1) is 11.1. The molecule has 0 aliphatic heterocycles. The monoisotopic (exact) mass is 217 g/mol. The fourth-order valence-corrected chi connectivity index (χ4v) is 1.91. The number of H-pyrrole nitrogens is 1. The molecular weight excluding hydrogens is 198 g/mol. The summed E-state index contributed by atoms with van der Waals surface area (Å²) >= 11 is 0. The minimum absolute atomic E-state index is 0.149. The van der Waals surface area contributed by atoms with E-state index in [1.54, 1.807) is 0 Å². The van der Waals surface area contributed by atoms with E-state index in [0.29, 0.717) is 0 Å². The molecule has 0 unspecified atom stereocenters. The molecule has 2 nitrogen and oxygen atoms in total. The molecule has 0 aliphatic carbocycles. The van der Waals surface area contributed by atoms with Crippen molar-refractivity contribution in [3.63, 3.8) is 0 Å². The van der Waals surface area contributed by atoms with Crippen LogP contribution in [0.5, 0.6) is 5.75 Å². The molecule has 0 aliphatic rings.